The number of carboxylic acids is 1. The van der Waals surface area contributed by atoms with Crippen LogP contribution in [0, 0.1) is 40.8 Å². The first-order chi connectivity index (χ1) is 8.77. The second kappa shape index (κ2) is 18.6. The number of rotatable bonds is 13. The van der Waals surface area contributed by atoms with Gasteiger partial charge in [0.25, 0.3) is 0 Å². The van der Waals surface area contributed by atoms with Crippen LogP contribution in [0.2, 0.25) is 0 Å². The van der Waals surface area contributed by atoms with Crippen molar-refractivity contribution in [3.05, 3.63) is 12.2 Å². The Bertz CT molecular complexity index is 215. The molecule has 110 valence electrons. The number of hydrogen-bond acceptors (Lipinski definition) is 1. The van der Waals surface area contributed by atoms with E-state index >= 15 is 0 Å². The maximum atomic E-state index is 10.3. The second-order valence-corrected chi connectivity index (χ2v) is 5.02. The predicted octanol–water partition coefficient (Wildman–Crippen LogP) is 5.33. The van der Waals surface area contributed by atoms with E-state index in [-0.39, 0.29) is 40.8 Å². The summed E-state index contributed by atoms with van der Waals surface area (Å²) in [6.45, 7) is 2.24. The summed E-state index contributed by atoms with van der Waals surface area (Å²) in [7, 11) is 0. The molecule has 3 heteroatoms. The van der Waals surface area contributed by atoms with E-state index < -0.39 is 5.97 Å². The van der Waals surface area contributed by atoms with Crippen LogP contribution in [0.1, 0.15) is 84.0 Å². The molecule has 2 nitrogen and oxygen atoms in total. The molecule has 0 aliphatic rings. The average Bonchev–Trinajstić information content (AvgIpc) is 2.34. The van der Waals surface area contributed by atoms with E-state index in [1.54, 1.807) is 0 Å². The summed E-state index contributed by atoms with van der Waals surface area (Å²) in [6.07, 6.45) is 18.3. The second-order valence-electron chi connectivity index (χ2n) is 5.02. The van der Waals surface area contributed by atoms with E-state index in [1.165, 1.54) is 57.8 Å². The van der Waals surface area contributed by atoms with Crippen LogP contribution in [0.4, 0.5) is 0 Å². The van der Waals surface area contributed by atoms with Gasteiger partial charge in [0, 0.05) is 47.3 Å². The Morgan fingerprint density at radius 3 is 1.84 bits per heavy atom. The fourth-order valence-electron chi connectivity index (χ4n) is 1.99. The summed E-state index contributed by atoms with van der Waals surface area (Å²) in [5, 5.41) is 8.48. The molecule has 0 atom stereocenters. The molecular weight excluding hydrogens is 368 g/mol. The SMILES string of the molecule is CCCCCC/C=C\CCCCCCCC(=O)O.[Nd]. The third-order valence-electron chi connectivity index (χ3n) is 3.15. The Labute approximate surface area is 152 Å². The van der Waals surface area contributed by atoms with Crippen molar-refractivity contribution in [2.45, 2.75) is 84.0 Å². The monoisotopic (exact) mass is 396 g/mol. The molecule has 0 saturated carbocycles. The van der Waals surface area contributed by atoms with Gasteiger partial charge in [-0.15, -0.1) is 0 Å². The molecule has 0 spiro atoms. The van der Waals surface area contributed by atoms with E-state index in [2.05, 4.69) is 19.1 Å². The molecule has 0 rings (SSSR count). The molecule has 0 unspecified atom stereocenters. The topological polar surface area (TPSA) is 37.3 Å². The number of aliphatic carboxylic acids is 1. The number of unbranched alkanes of at least 4 members (excludes halogenated alkanes) is 9. The maximum absolute atomic E-state index is 10.3. The first-order valence-corrected chi connectivity index (χ1v) is 7.64. The van der Waals surface area contributed by atoms with E-state index in [4.69, 9.17) is 5.11 Å². The molecule has 0 radical (unpaired) electrons. The summed E-state index contributed by atoms with van der Waals surface area (Å²) in [4.78, 5) is 10.3. The van der Waals surface area contributed by atoms with E-state index in [9.17, 15) is 4.79 Å². The molecule has 0 aromatic rings. The maximum Gasteiger partial charge on any atom is 0.303 e. The van der Waals surface area contributed by atoms with Gasteiger partial charge in [0.1, 0.15) is 0 Å². The number of hydrogen-bond donors (Lipinski definition) is 1. The predicted molar refractivity (Wildman–Crippen MR) is 77.9 cm³/mol. The van der Waals surface area contributed by atoms with Crippen LogP contribution in [-0.2, 0) is 4.79 Å². The van der Waals surface area contributed by atoms with Crippen molar-refractivity contribution in [2.24, 2.45) is 0 Å². The zero-order chi connectivity index (χ0) is 13.5. The Balaban J connectivity index is 0. The molecule has 0 aliphatic carbocycles. The van der Waals surface area contributed by atoms with Crippen LogP contribution in [0.3, 0.4) is 0 Å². The molecule has 0 saturated heterocycles. The van der Waals surface area contributed by atoms with Gasteiger partial charge in [-0.3, -0.25) is 4.79 Å². The fraction of sp³-hybridized carbons (Fsp3) is 0.812. The molecule has 19 heavy (non-hydrogen) atoms. The van der Waals surface area contributed by atoms with Gasteiger partial charge in [-0.2, -0.15) is 0 Å². The Hall–Kier alpha value is 0.561. The normalized spacial score (nSPS) is 10.6. The minimum Gasteiger partial charge on any atom is -0.481 e. The van der Waals surface area contributed by atoms with Gasteiger partial charge in [-0.05, 0) is 32.1 Å². The molecule has 0 aliphatic heterocycles. The van der Waals surface area contributed by atoms with Gasteiger partial charge in [-0.25, -0.2) is 0 Å². The van der Waals surface area contributed by atoms with Gasteiger partial charge < -0.3 is 5.11 Å². The van der Waals surface area contributed by atoms with E-state index in [1.807, 2.05) is 0 Å². The molecular formula is C16H30NdO2. The van der Waals surface area contributed by atoms with Crippen LogP contribution < -0.4 is 0 Å². The Morgan fingerprint density at radius 1 is 0.842 bits per heavy atom. The van der Waals surface area contributed by atoms with Gasteiger partial charge in [0.05, 0.1) is 0 Å². The molecule has 0 amide bonds. The Kier molecular flexibility index (Phi) is 21.3. The largest absolute Gasteiger partial charge is 0.481 e. The average molecular weight is 399 g/mol. The van der Waals surface area contributed by atoms with E-state index in [0.29, 0.717) is 6.42 Å². The van der Waals surface area contributed by atoms with Crippen molar-refractivity contribution in [1.29, 1.82) is 0 Å². The zero-order valence-corrected chi connectivity index (χ0v) is 15.7. The first kappa shape index (κ1) is 21.9. The van der Waals surface area contributed by atoms with Gasteiger partial charge in [-0.1, -0.05) is 57.6 Å². The van der Waals surface area contributed by atoms with Gasteiger partial charge in [0.2, 0.25) is 0 Å². The third kappa shape index (κ3) is 21.0. The van der Waals surface area contributed by atoms with Crippen LogP contribution >= 0.6 is 0 Å². The number of carbonyl (C=O) groups is 1. The number of carboxylic acid groups (broad SMARTS) is 1. The summed E-state index contributed by atoms with van der Waals surface area (Å²) in [6, 6.07) is 0. The minimum atomic E-state index is -0.666. The van der Waals surface area contributed by atoms with Crippen molar-refractivity contribution < 1.29 is 50.7 Å². The van der Waals surface area contributed by atoms with E-state index in [0.717, 1.165) is 12.8 Å². The first-order valence-electron chi connectivity index (χ1n) is 7.64. The van der Waals surface area contributed by atoms with Crippen LogP contribution in [0.25, 0.3) is 0 Å². The standard InChI is InChI=1S/C16H30O2.Nd/c1-2-3-4-5-6-7-8-9-10-11-12-13-14-15-16(17)18;/h7-8H,2-6,9-15H2,1H3,(H,17,18);/b8-7-;. The number of allylic oxidation sites excluding steroid dienone is 2. The van der Waals surface area contributed by atoms with Crippen LogP contribution in [0.15, 0.2) is 12.2 Å². The molecule has 0 heterocycles. The van der Waals surface area contributed by atoms with Gasteiger partial charge in [0.15, 0.2) is 0 Å². The molecule has 0 bridgehead atoms. The quantitative estimate of drug-likeness (QED) is 0.336. The van der Waals surface area contributed by atoms with Crippen LogP contribution in [-0.4, -0.2) is 11.1 Å². The minimum absolute atomic E-state index is 0. The molecule has 0 fully saturated rings. The van der Waals surface area contributed by atoms with Crippen molar-refractivity contribution >= 4 is 5.97 Å². The van der Waals surface area contributed by atoms with Gasteiger partial charge >= 0.3 is 5.97 Å². The molecule has 0 aromatic heterocycles. The smallest absolute Gasteiger partial charge is 0.303 e. The van der Waals surface area contributed by atoms with Crippen molar-refractivity contribution in [1.82, 2.24) is 0 Å². The zero-order valence-electron chi connectivity index (χ0n) is 12.5. The summed E-state index contributed by atoms with van der Waals surface area (Å²) in [5.74, 6) is -0.666. The third-order valence-corrected chi connectivity index (χ3v) is 3.15. The fourth-order valence-corrected chi connectivity index (χ4v) is 1.99. The molecule has 0 aromatic carbocycles. The summed E-state index contributed by atoms with van der Waals surface area (Å²) in [5.41, 5.74) is 0. The van der Waals surface area contributed by atoms with Crippen molar-refractivity contribution in [3.63, 3.8) is 0 Å². The van der Waals surface area contributed by atoms with Crippen molar-refractivity contribution in [3.8, 4) is 0 Å². The summed E-state index contributed by atoms with van der Waals surface area (Å²) >= 11 is 0. The van der Waals surface area contributed by atoms with Crippen LogP contribution in [0.5, 0.6) is 0 Å². The Morgan fingerprint density at radius 2 is 1.32 bits per heavy atom. The molecule has 1 N–H and O–H groups in total. The van der Waals surface area contributed by atoms with Crippen molar-refractivity contribution in [2.75, 3.05) is 0 Å². The summed E-state index contributed by atoms with van der Waals surface area (Å²) < 4.78 is 0.